The maximum absolute atomic E-state index is 11.9. The largest absolute Gasteiger partial charge is 0.326 e. The molecule has 0 aliphatic heterocycles. The fourth-order valence-corrected chi connectivity index (χ4v) is 1.04. The standard InChI is InChI=1S/C10H10F2N2O2/c1-6(15)13-7-2-4-8(5-3-7)14-10(16)9(11)12/h2-5,9H,1H3,(H,13,15)(H,14,16). The van der Waals surface area contributed by atoms with Gasteiger partial charge in [0.05, 0.1) is 0 Å². The van der Waals surface area contributed by atoms with Crippen molar-refractivity contribution < 1.29 is 18.4 Å². The van der Waals surface area contributed by atoms with Gasteiger partial charge in [-0.2, -0.15) is 8.78 Å². The zero-order chi connectivity index (χ0) is 12.1. The van der Waals surface area contributed by atoms with Crippen molar-refractivity contribution in [2.75, 3.05) is 10.6 Å². The second-order valence-corrected chi connectivity index (χ2v) is 3.05. The molecular weight excluding hydrogens is 218 g/mol. The Bertz CT molecular complexity index is 390. The molecule has 0 unspecified atom stereocenters. The van der Waals surface area contributed by atoms with Gasteiger partial charge in [0.15, 0.2) is 0 Å². The van der Waals surface area contributed by atoms with E-state index >= 15 is 0 Å². The van der Waals surface area contributed by atoms with Gasteiger partial charge in [-0.15, -0.1) is 0 Å². The number of nitrogens with one attached hydrogen (secondary N) is 2. The van der Waals surface area contributed by atoms with E-state index in [1.807, 2.05) is 5.32 Å². The average molecular weight is 228 g/mol. The Kier molecular flexibility index (Phi) is 3.93. The topological polar surface area (TPSA) is 58.2 Å². The Morgan fingerprint density at radius 2 is 1.50 bits per heavy atom. The number of carbonyl (C=O) groups excluding carboxylic acids is 2. The number of halogens is 2. The highest BCUT2D eigenvalue weighted by Gasteiger charge is 2.14. The second kappa shape index (κ2) is 5.20. The number of carbonyl (C=O) groups is 2. The molecule has 1 aromatic rings. The van der Waals surface area contributed by atoms with Crippen LogP contribution in [0.4, 0.5) is 20.2 Å². The van der Waals surface area contributed by atoms with E-state index in [0.29, 0.717) is 5.69 Å². The Morgan fingerprint density at radius 1 is 1.06 bits per heavy atom. The van der Waals surface area contributed by atoms with Crippen LogP contribution in [0.3, 0.4) is 0 Å². The highest BCUT2D eigenvalue weighted by Crippen LogP contribution is 2.14. The number of amides is 2. The molecule has 4 nitrogen and oxygen atoms in total. The van der Waals surface area contributed by atoms with E-state index in [1.165, 1.54) is 31.2 Å². The fourth-order valence-electron chi connectivity index (χ4n) is 1.04. The van der Waals surface area contributed by atoms with Gasteiger partial charge in [-0.3, -0.25) is 9.59 Å². The lowest BCUT2D eigenvalue weighted by atomic mass is 10.2. The van der Waals surface area contributed by atoms with Crippen molar-refractivity contribution in [1.29, 1.82) is 0 Å². The summed E-state index contributed by atoms with van der Waals surface area (Å²) in [5.41, 5.74) is 0.780. The van der Waals surface area contributed by atoms with Crippen LogP contribution in [-0.4, -0.2) is 18.2 Å². The van der Waals surface area contributed by atoms with Crippen LogP contribution >= 0.6 is 0 Å². The van der Waals surface area contributed by atoms with E-state index < -0.39 is 12.3 Å². The highest BCUT2D eigenvalue weighted by molar-refractivity contribution is 5.93. The molecule has 0 spiro atoms. The molecule has 16 heavy (non-hydrogen) atoms. The quantitative estimate of drug-likeness (QED) is 0.829. The lowest BCUT2D eigenvalue weighted by Gasteiger charge is -2.06. The molecule has 1 aromatic carbocycles. The summed E-state index contributed by atoms with van der Waals surface area (Å²) in [7, 11) is 0. The van der Waals surface area contributed by atoms with E-state index in [-0.39, 0.29) is 11.6 Å². The monoisotopic (exact) mass is 228 g/mol. The van der Waals surface area contributed by atoms with Crippen LogP contribution in [0.5, 0.6) is 0 Å². The molecular formula is C10H10F2N2O2. The number of alkyl halides is 2. The lowest BCUT2D eigenvalue weighted by molar-refractivity contribution is -0.126. The average Bonchev–Trinajstić information content (AvgIpc) is 2.20. The zero-order valence-electron chi connectivity index (χ0n) is 8.46. The van der Waals surface area contributed by atoms with Gasteiger partial charge in [-0.1, -0.05) is 0 Å². The van der Waals surface area contributed by atoms with Crippen molar-refractivity contribution in [1.82, 2.24) is 0 Å². The van der Waals surface area contributed by atoms with Crippen molar-refractivity contribution in [3.8, 4) is 0 Å². The first-order chi connectivity index (χ1) is 7.49. The molecule has 0 aliphatic rings. The normalized spacial score (nSPS) is 10.0. The Morgan fingerprint density at radius 3 is 1.88 bits per heavy atom. The Hall–Kier alpha value is -1.98. The van der Waals surface area contributed by atoms with Gasteiger partial charge >= 0.3 is 6.43 Å². The van der Waals surface area contributed by atoms with Crippen LogP contribution in [0.25, 0.3) is 0 Å². The van der Waals surface area contributed by atoms with Crippen LogP contribution in [0.15, 0.2) is 24.3 Å². The van der Waals surface area contributed by atoms with Gasteiger partial charge in [0.1, 0.15) is 0 Å². The molecule has 1 rings (SSSR count). The Labute approximate surface area is 90.6 Å². The molecule has 6 heteroatoms. The molecule has 2 amide bonds. The predicted molar refractivity (Wildman–Crippen MR) is 55.4 cm³/mol. The van der Waals surface area contributed by atoms with Gasteiger partial charge in [-0.05, 0) is 24.3 Å². The van der Waals surface area contributed by atoms with Crippen molar-refractivity contribution in [2.24, 2.45) is 0 Å². The van der Waals surface area contributed by atoms with Gasteiger partial charge < -0.3 is 10.6 Å². The molecule has 0 fully saturated rings. The van der Waals surface area contributed by atoms with Crippen LogP contribution in [0.2, 0.25) is 0 Å². The number of hydrogen-bond acceptors (Lipinski definition) is 2. The van der Waals surface area contributed by atoms with Crippen molar-refractivity contribution in [3.05, 3.63) is 24.3 Å². The summed E-state index contributed by atoms with van der Waals surface area (Å²) in [6, 6.07) is 5.85. The summed E-state index contributed by atoms with van der Waals surface area (Å²) in [6.07, 6.45) is -3.05. The summed E-state index contributed by atoms with van der Waals surface area (Å²) in [6.45, 7) is 1.35. The van der Waals surface area contributed by atoms with E-state index in [9.17, 15) is 18.4 Å². The lowest BCUT2D eigenvalue weighted by Crippen LogP contribution is -2.19. The van der Waals surface area contributed by atoms with Crippen LogP contribution in [0, 0.1) is 0 Å². The van der Waals surface area contributed by atoms with E-state index in [2.05, 4.69) is 5.32 Å². The van der Waals surface area contributed by atoms with Crippen LogP contribution in [0.1, 0.15) is 6.92 Å². The molecule has 0 heterocycles. The molecule has 0 aromatic heterocycles. The van der Waals surface area contributed by atoms with Gasteiger partial charge in [0.2, 0.25) is 5.91 Å². The Balaban J connectivity index is 2.64. The molecule has 2 N–H and O–H groups in total. The minimum atomic E-state index is -3.05. The van der Waals surface area contributed by atoms with E-state index in [0.717, 1.165) is 0 Å². The molecule has 0 radical (unpaired) electrons. The molecule has 86 valence electrons. The third-order valence-corrected chi connectivity index (χ3v) is 1.67. The fraction of sp³-hybridized carbons (Fsp3) is 0.200. The van der Waals surface area contributed by atoms with Gasteiger partial charge in [-0.25, -0.2) is 0 Å². The van der Waals surface area contributed by atoms with Crippen LogP contribution in [-0.2, 0) is 9.59 Å². The summed E-state index contributed by atoms with van der Waals surface area (Å²) >= 11 is 0. The van der Waals surface area contributed by atoms with Crippen molar-refractivity contribution in [3.63, 3.8) is 0 Å². The van der Waals surface area contributed by atoms with Gasteiger partial charge in [0, 0.05) is 18.3 Å². The highest BCUT2D eigenvalue weighted by atomic mass is 19.3. The molecule has 0 aliphatic carbocycles. The number of benzene rings is 1. The van der Waals surface area contributed by atoms with Gasteiger partial charge in [0.25, 0.3) is 5.91 Å². The SMILES string of the molecule is CC(=O)Nc1ccc(NC(=O)C(F)F)cc1. The number of anilines is 2. The minimum Gasteiger partial charge on any atom is -0.326 e. The molecule has 0 saturated heterocycles. The first-order valence-corrected chi connectivity index (χ1v) is 4.45. The molecule has 0 atom stereocenters. The second-order valence-electron chi connectivity index (χ2n) is 3.05. The number of rotatable bonds is 3. The van der Waals surface area contributed by atoms with E-state index in [1.54, 1.807) is 0 Å². The third kappa shape index (κ3) is 3.64. The smallest absolute Gasteiger partial charge is 0.315 e. The van der Waals surface area contributed by atoms with Crippen molar-refractivity contribution in [2.45, 2.75) is 13.3 Å². The first kappa shape index (κ1) is 12.1. The zero-order valence-corrected chi connectivity index (χ0v) is 8.46. The summed E-state index contributed by atoms with van der Waals surface area (Å²) in [5, 5.41) is 4.53. The predicted octanol–water partition coefficient (Wildman–Crippen LogP) is 1.85. The summed E-state index contributed by atoms with van der Waals surface area (Å²) < 4.78 is 23.8. The summed E-state index contributed by atoms with van der Waals surface area (Å²) in [5.74, 6) is -1.59. The minimum absolute atomic E-state index is 0.232. The van der Waals surface area contributed by atoms with Crippen molar-refractivity contribution >= 4 is 23.2 Å². The van der Waals surface area contributed by atoms with Crippen LogP contribution < -0.4 is 10.6 Å². The molecule has 0 saturated carbocycles. The summed E-state index contributed by atoms with van der Waals surface area (Å²) in [4.78, 5) is 21.3. The van der Waals surface area contributed by atoms with E-state index in [4.69, 9.17) is 0 Å². The number of hydrogen-bond donors (Lipinski definition) is 2. The maximum Gasteiger partial charge on any atom is 0.315 e. The first-order valence-electron chi connectivity index (χ1n) is 4.45. The molecule has 0 bridgehead atoms. The third-order valence-electron chi connectivity index (χ3n) is 1.67. The maximum atomic E-state index is 11.9.